The zero-order valence-electron chi connectivity index (χ0n) is 8.50. The monoisotopic (exact) mass is 199 g/mol. The summed E-state index contributed by atoms with van der Waals surface area (Å²) in [4.78, 5) is 7.85. The number of nitrogens with zero attached hydrogens (tertiary/aromatic N) is 2. The molecule has 0 fully saturated rings. The number of thiazole rings is 1. The molecule has 0 bridgehead atoms. The minimum absolute atomic E-state index is 0.930. The number of hydrogen-bond acceptors (Lipinski definition) is 4. The van der Waals surface area contributed by atoms with Gasteiger partial charge in [-0.2, -0.15) is 0 Å². The van der Waals surface area contributed by atoms with Crippen LogP contribution in [-0.4, -0.2) is 37.6 Å². The minimum atomic E-state index is 0.930. The first kappa shape index (κ1) is 10.6. The van der Waals surface area contributed by atoms with E-state index in [4.69, 9.17) is 0 Å². The minimum Gasteiger partial charge on any atom is -0.315 e. The molecule has 0 aliphatic carbocycles. The van der Waals surface area contributed by atoms with Crippen molar-refractivity contribution in [3.8, 4) is 0 Å². The Labute approximate surface area is 83.8 Å². The van der Waals surface area contributed by atoms with Crippen LogP contribution >= 0.6 is 11.3 Å². The summed E-state index contributed by atoms with van der Waals surface area (Å²) in [6.07, 6.45) is 3.02. The van der Waals surface area contributed by atoms with Gasteiger partial charge < -0.3 is 10.2 Å². The van der Waals surface area contributed by atoms with Crippen LogP contribution in [0.15, 0.2) is 6.20 Å². The molecule has 0 aromatic carbocycles. The predicted octanol–water partition coefficient (Wildman–Crippen LogP) is 0.967. The summed E-state index contributed by atoms with van der Waals surface area (Å²) in [5.74, 6) is 0. The maximum atomic E-state index is 4.36. The van der Waals surface area contributed by atoms with E-state index in [0.717, 1.165) is 19.5 Å². The van der Waals surface area contributed by atoms with Gasteiger partial charge in [0, 0.05) is 30.6 Å². The first-order chi connectivity index (χ1) is 6.22. The van der Waals surface area contributed by atoms with Gasteiger partial charge in [-0.05, 0) is 21.1 Å². The van der Waals surface area contributed by atoms with Crippen LogP contribution in [0.2, 0.25) is 0 Å². The molecule has 13 heavy (non-hydrogen) atoms. The smallest absolute Gasteiger partial charge is 0.0940 e. The second-order valence-electron chi connectivity index (χ2n) is 3.30. The summed E-state index contributed by atoms with van der Waals surface area (Å²) in [6, 6.07) is 0. The van der Waals surface area contributed by atoms with E-state index < -0.39 is 0 Å². The second-order valence-corrected chi connectivity index (χ2v) is 4.50. The van der Waals surface area contributed by atoms with E-state index in [-0.39, 0.29) is 0 Å². The summed E-state index contributed by atoms with van der Waals surface area (Å²) in [7, 11) is 6.13. The topological polar surface area (TPSA) is 28.2 Å². The van der Waals surface area contributed by atoms with E-state index in [2.05, 4.69) is 29.3 Å². The number of rotatable bonds is 5. The Morgan fingerprint density at radius 3 is 2.92 bits per heavy atom. The highest BCUT2D eigenvalue weighted by Crippen LogP contribution is 2.12. The highest BCUT2D eigenvalue weighted by Gasteiger charge is 2.01. The fraction of sp³-hybridized carbons (Fsp3) is 0.667. The van der Waals surface area contributed by atoms with E-state index in [1.54, 1.807) is 11.3 Å². The molecule has 3 nitrogen and oxygen atoms in total. The van der Waals surface area contributed by atoms with Gasteiger partial charge in [-0.1, -0.05) is 0 Å². The Bertz CT molecular complexity index is 245. The van der Waals surface area contributed by atoms with Crippen LogP contribution in [0.4, 0.5) is 0 Å². The SMILES string of the molecule is CNCc1cnc(CCN(C)C)s1. The molecule has 0 radical (unpaired) electrons. The average Bonchev–Trinajstić information content (AvgIpc) is 2.50. The maximum Gasteiger partial charge on any atom is 0.0940 e. The van der Waals surface area contributed by atoms with Crippen LogP contribution in [0.5, 0.6) is 0 Å². The predicted molar refractivity (Wildman–Crippen MR) is 57.1 cm³/mol. The standard InChI is InChI=1S/C9H17N3S/c1-10-6-8-7-11-9(13-8)4-5-12(2)3/h7,10H,4-6H2,1-3H3. The molecule has 0 unspecified atom stereocenters. The Morgan fingerprint density at radius 2 is 2.31 bits per heavy atom. The van der Waals surface area contributed by atoms with Gasteiger partial charge >= 0.3 is 0 Å². The third-order valence-corrected chi connectivity index (χ3v) is 2.78. The van der Waals surface area contributed by atoms with E-state index in [9.17, 15) is 0 Å². The number of nitrogens with one attached hydrogen (secondary N) is 1. The maximum absolute atomic E-state index is 4.36. The summed E-state index contributed by atoms with van der Waals surface area (Å²) in [5, 5.41) is 4.36. The lowest BCUT2D eigenvalue weighted by Crippen LogP contribution is -2.14. The first-order valence-corrected chi connectivity index (χ1v) is 5.27. The van der Waals surface area contributed by atoms with Crippen LogP contribution in [0, 0.1) is 0 Å². The van der Waals surface area contributed by atoms with Gasteiger partial charge in [0.1, 0.15) is 0 Å². The van der Waals surface area contributed by atoms with Crippen molar-refractivity contribution in [2.45, 2.75) is 13.0 Å². The Balaban J connectivity index is 2.39. The molecule has 0 aliphatic heterocycles. The van der Waals surface area contributed by atoms with Gasteiger partial charge in [0.05, 0.1) is 5.01 Å². The van der Waals surface area contributed by atoms with Crippen LogP contribution in [-0.2, 0) is 13.0 Å². The summed E-state index contributed by atoms with van der Waals surface area (Å²) < 4.78 is 0. The average molecular weight is 199 g/mol. The van der Waals surface area contributed by atoms with Crippen molar-refractivity contribution in [1.82, 2.24) is 15.2 Å². The molecule has 0 spiro atoms. The van der Waals surface area contributed by atoms with Crippen LogP contribution in [0.3, 0.4) is 0 Å². The Morgan fingerprint density at radius 1 is 1.54 bits per heavy atom. The van der Waals surface area contributed by atoms with Crippen molar-refractivity contribution in [3.05, 3.63) is 16.1 Å². The van der Waals surface area contributed by atoms with Crippen molar-refractivity contribution < 1.29 is 0 Å². The van der Waals surface area contributed by atoms with Gasteiger partial charge in [-0.3, -0.25) is 0 Å². The fourth-order valence-electron chi connectivity index (χ4n) is 1.04. The summed E-state index contributed by atoms with van der Waals surface area (Å²) >= 11 is 1.80. The Kier molecular flexibility index (Phi) is 4.35. The van der Waals surface area contributed by atoms with Gasteiger partial charge in [0.25, 0.3) is 0 Å². The molecule has 4 heteroatoms. The largest absolute Gasteiger partial charge is 0.315 e. The quantitative estimate of drug-likeness (QED) is 0.766. The summed E-state index contributed by atoms with van der Waals surface area (Å²) in [6.45, 7) is 2.01. The van der Waals surface area contributed by atoms with Crippen LogP contribution in [0.1, 0.15) is 9.88 Å². The number of aromatic nitrogens is 1. The molecule has 1 aromatic rings. The molecule has 0 atom stereocenters. The van der Waals surface area contributed by atoms with Crippen molar-refractivity contribution in [2.75, 3.05) is 27.7 Å². The fourth-order valence-corrected chi connectivity index (χ4v) is 1.96. The van der Waals surface area contributed by atoms with Crippen molar-refractivity contribution in [2.24, 2.45) is 0 Å². The highest BCUT2D eigenvalue weighted by molar-refractivity contribution is 7.11. The number of hydrogen-bond donors (Lipinski definition) is 1. The molecule has 0 amide bonds. The second kappa shape index (κ2) is 5.32. The Hall–Kier alpha value is -0.450. The van der Waals surface area contributed by atoms with Crippen LogP contribution in [0.25, 0.3) is 0 Å². The normalized spacial score (nSPS) is 11.1. The molecule has 0 saturated heterocycles. The van der Waals surface area contributed by atoms with Gasteiger partial charge in [0.15, 0.2) is 0 Å². The van der Waals surface area contributed by atoms with Crippen LogP contribution < -0.4 is 5.32 Å². The lowest BCUT2D eigenvalue weighted by Gasteiger charge is -2.06. The van der Waals surface area contributed by atoms with E-state index in [1.165, 1.54) is 9.88 Å². The zero-order valence-corrected chi connectivity index (χ0v) is 9.32. The van der Waals surface area contributed by atoms with E-state index in [1.807, 2.05) is 13.2 Å². The van der Waals surface area contributed by atoms with E-state index >= 15 is 0 Å². The lowest BCUT2D eigenvalue weighted by molar-refractivity contribution is 0.413. The third-order valence-electron chi connectivity index (χ3n) is 1.73. The number of likely N-dealkylation sites (N-methyl/N-ethyl adjacent to an activating group) is 1. The first-order valence-electron chi connectivity index (χ1n) is 4.45. The molecule has 74 valence electrons. The molecule has 0 aliphatic rings. The van der Waals surface area contributed by atoms with Crippen molar-refractivity contribution in [1.29, 1.82) is 0 Å². The van der Waals surface area contributed by atoms with Crippen molar-refractivity contribution >= 4 is 11.3 Å². The van der Waals surface area contributed by atoms with Gasteiger partial charge in [-0.15, -0.1) is 11.3 Å². The summed E-state index contributed by atoms with van der Waals surface area (Å²) in [5.41, 5.74) is 0. The molecule has 1 rings (SSSR count). The highest BCUT2D eigenvalue weighted by atomic mass is 32.1. The lowest BCUT2D eigenvalue weighted by atomic mass is 10.4. The van der Waals surface area contributed by atoms with E-state index in [0.29, 0.717) is 0 Å². The van der Waals surface area contributed by atoms with Gasteiger partial charge in [0.2, 0.25) is 0 Å². The molecule has 1 N–H and O–H groups in total. The molecule has 1 heterocycles. The molecule has 0 saturated carbocycles. The zero-order chi connectivity index (χ0) is 9.68. The third kappa shape index (κ3) is 3.85. The van der Waals surface area contributed by atoms with Crippen molar-refractivity contribution in [3.63, 3.8) is 0 Å². The van der Waals surface area contributed by atoms with Gasteiger partial charge in [-0.25, -0.2) is 4.98 Å². The molecular formula is C9H17N3S. The molecular weight excluding hydrogens is 182 g/mol. The molecule has 1 aromatic heterocycles.